The largest absolute Gasteiger partial charge is 0.493 e. The van der Waals surface area contributed by atoms with Crippen LogP contribution in [0.25, 0.3) is 0 Å². The first kappa shape index (κ1) is 21.3. The highest BCUT2D eigenvalue weighted by Gasteiger charge is 2.19. The van der Waals surface area contributed by atoms with Crippen molar-refractivity contribution in [3.8, 4) is 17.6 Å². The number of hydrogen-bond acceptors (Lipinski definition) is 7. The lowest BCUT2D eigenvalue weighted by Gasteiger charge is -2.16. The maximum absolute atomic E-state index is 12.3. The number of carbonyl (C=O) groups excluding carboxylic acids is 2. The average Bonchev–Trinajstić information content (AvgIpc) is 3.25. The molecule has 1 unspecified atom stereocenters. The van der Waals surface area contributed by atoms with Crippen molar-refractivity contribution in [1.82, 2.24) is 5.32 Å². The summed E-state index contributed by atoms with van der Waals surface area (Å²) in [6.07, 6.45) is 0.827. The van der Waals surface area contributed by atoms with Crippen molar-refractivity contribution in [3.05, 3.63) is 46.2 Å². The van der Waals surface area contributed by atoms with E-state index in [0.717, 1.165) is 4.88 Å². The molecule has 148 valence electrons. The lowest BCUT2D eigenvalue weighted by atomic mass is 10.1. The smallest absolute Gasteiger partial charge is 0.307 e. The number of carbonyl (C=O) groups is 2. The maximum Gasteiger partial charge on any atom is 0.307 e. The summed E-state index contributed by atoms with van der Waals surface area (Å²) in [5.74, 6) is 0.441. The number of amides is 1. The lowest BCUT2D eigenvalue weighted by Crippen LogP contribution is -2.30. The highest BCUT2D eigenvalue weighted by Crippen LogP contribution is 2.28. The molecule has 1 aromatic heterocycles. The summed E-state index contributed by atoms with van der Waals surface area (Å²) in [5.41, 5.74) is 0.480. The third-order valence-corrected chi connectivity index (χ3v) is 4.90. The summed E-state index contributed by atoms with van der Waals surface area (Å²) in [6.45, 7) is 0.316. The van der Waals surface area contributed by atoms with E-state index in [9.17, 15) is 9.59 Å². The Labute approximate surface area is 167 Å². The quantitative estimate of drug-likeness (QED) is 0.484. The monoisotopic (exact) mass is 402 g/mol. The van der Waals surface area contributed by atoms with Crippen molar-refractivity contribution < 1.29 is 23.8 Å². The molecule has 0 aliphatic heterocycles. The number of ether oxygens (including phenoxy) is 3. The first-order valence-electron chi connectivity index (χ1n) is 8.68. The number of rotatable bonds is 10. The van der Waals surface area contributed by atoms with Crippen LogP contribution >= 0.6 is 11.3 Å². The molecule has 1 atom stereocenters. The summed E-state index contributed by atoms with van der Waals surface area (Å²) < 4.78 is 15.6. The second kappa shape index (κ2) is 10.9. The fraction of sp³-hybridized carbons (Fsp3) is 0.350. The average molecular weight is 402 g/mol. The predicted octanol–water partition coefficient (Wildman–Crippen LogP) is 3.21. The minimum atomic E-state index is -0.403. The van der Waals surface area contributed by atoms with Gasteiger partial charge in [0.15, 0.2) is 11.5 Å². The summed E-state index contributed by atoms with van der Waals surface area (Å²) in [4.78, 5) is 24.8. The highest BCUT2D eigenvalue weighted by atomic mass is 32.1. The minimum absolute atomic E-state index is 0.0850. The Morgan fingerprint density at radius 3 is 2.71 bits per heavy atom. The Kier molecular flexibility index (Phi) is 8.31. The molecule has 0 aliphatic rings. The van der Waals surface area contributed by atoms with Gasteiger partial charge in [0.25, 0.3) is 0 Å². The molecule has 1 N–H and O–H groups in total. The number of benzene rings is 1. The third kappa shape index (κ3) is 6.28. The van der Waals surface area contributed by atoms with Crippen LogP contribution in [0, 0.1) is 11.3 Å². The molecular weight excluding hydrogens is 380 g/mol. The lowest BCUT2D eigenvalue weighted by molar-refractivity contribution is -0.141. The van der Waals surface area contributed by atoms with Crippen LogP contribution in [0.4, 0.5) is 0 Å². The van der Waals surface area contributed by atoms with Gasteiger partial charge in [-0.1, -0.05) is 6.07 Å². The molecule has 1 heterocycles. The zero-order valence-corrected chi connectivity index (χ0v) is 16.6. The van der Waals surface area contributed by atoms with Gasteiger partial charge in [0.2, 0.25) is 5.91 Å². The van der Waals surface area contributed by atoms with Crippen LogP contribution in [0.1, 0.15) is 35.7 Å². The van der Waals surface area contributed by atoms with Crippen LogP contribution in [-0.4, -0.2) is 32.7 Å². The van der Waals surface area contributed by atoms with Crippen molar-refractivity contribution in [3.63, 3.8) is 0 Å². The van der Waals surface area contributed by atoms with E-state index in [-0.39, 0.29) is 24.7 Å². The van der Waals surface area contributed by atoms with Gasteiger partial charge in [-0.2, -0.15) is 5.26 Å². The van der Waals surface area contributed by atoms with Gasteiger partial charge in [-0.25, -0.2) is 0 Å². The normalized spacial score (nSPS) is 11.2. The van der Waals surface area contributed by atoms with Crippen LogP contribution in [0.3, 0.4) is 0 Å². The molecule has 0 fully saturated rings. The van der Waals surface area contributed by atoms with Crippen LogP contribution in [0.5, 0.6) is 11.5 Å². The van der Waals surface area contributed by atoms with Gasteiger partial charge < -0.3 is 19.5 Å². The predicted molar refractivity (Wildman–Crippen MR) is 104 cm³/mol. The van der Waals surface area contributed by atoms with Crippen LogP contribution < -0.4 is 14.8 Å². The number of nitriles is 1. The summed E-state index contributed by atoms with van der Waals surface area (Å²) >= 11 is 1.47. The van der Waals surface area contributed by atoms with Crippen molar-refractivity contribution in [2.45, 2.75) is 25.3 Å². The molecule has 0 radical (unpaired) electrons. The maximum atomic E-state index is 12.3. The molecule has 0 saturated heterocycles. The molecule has 0 bridgehead atoms. The second-order valence-corrected chi connectivity index (χ2v) is 6.82. The first-order chi connectivity index (χ1) is 13.6. The Balaban J connectivity index is 1.83. The fourth-order valence-electron chi connectivity index (χ4n) is 2.50. The SMILES string of the molecule is COC(=O)CC(NC(=O)CCCOc1ccc(C#N)cc1OC)c1cccs1. The number of nitrogens with zero attached hydrogens (tertiary/aromatic N) is 1. The molecule has 0 aliphatic carbocycles. The van der Waals surface area contributed by atoms with Gasteiger partial charge in [0, 0.05) is 17.4 Å². The summed E-state index contributed by atoms with van der Waals surface area (Å²) in [7, 11) is 2.83. The van der Waals surface area contributed by atoms with E-state index >= 15 is 0 Å². The van der Waals surface area contributed by atoms with Gasteiger partial charge >= 0.3 is 5.97 Å². The highest BCUT2D eigenvalue weighted by molar-refractivity contribution is 7.10. The molecule has 28 heavy (non-hydrogen) atoms. The second-order valence-electron chi connectivity index (χ2n) is 5.85. The summed E-state index contributed by atoms with van der Waals surface area (Å²) in [5, 5.41) is 13.7. The number of methoxy groups -OCH3 is 2. The molecule has 2 rings (SSSR count). The summed E-state index contributed by atoms with van der Waals surface area (Å²) in [6, 6.07) is 10.3. The molecular formula is C20H22N2O5S. The Hall–Kier alpha value is -3.05. The van der Waals surface area contributed by atoms with E-state index in [4.69, 9.17) is 19.5 Å². The van der Waals surface area contributed by atoms with Crippen molar-refractivity contribution >= 4 is 23.2 Å². The zero-order valence-electron chi connectivity index (χ0n) is 15.8. The molecule has 1 aromatic carbocycles. The van der Waals surface area contributed by atoms with E-state index in [1.54, 1.807) is 18.2 Å². The number of thiophene rings is 1. The van der Waals surface area contributed by atoms with Crippen molar-refractivity contribution in [2.24, 2.45) is 0 Å². The topological polar surface area (TPSA) is 97.6 Å². The first-order valence-corrected chi connectivity index (χ1v) is 9.55. The van der Waals surface area contributed by atoms with E-state index in [2.05, 4.69) is 5.32 Å². The number of hydrogen-bond donors (Lipinski definition) is 1. The van der Waals surface area contributed by atoms with Gasteiger partial charge in [-0.15, -0.1) is 11.3 Å². The van der Waals surface area contributed by atoms with Gasteiger partial charge in [-0.3, -0.25) is 9.59 Å². The zero-order chi connectivity index (χ0) is 20.4. The number of nitrogens with one attached hydrogen (secondary N) is 1. The molecule has 8 heteroatoms. The van der Waals surface area contributed by atoms with Crippen molar-refractivity contribution in [2.75, 3.05) is 20.8 Å². The van der Waals surface area contributed by atoms with E-state index in [0.29, 0.717) is 30.1 Å². The van der Waals surface area contributed by atoms with E-state index in [1.807, 2.05) is 23.6 Å². The van der Waals surface area contributed by atoms with Gasteiger partial charge in [0.1, 0.15) is 0 Å². The molecule has 2 aromatic rings. The van der Waals surface area contributed by atoms with Crippen LogP contribution in [0.15, 0.2) is 35.7 Å². The van der Waals surface area contributed by atoms with E-state index < -0.39 is 6.04 Å². The Bertz CT molecular complexity index is 830. The molecule has 1 amide bonds. The Morgan fingerprint density at radius 1 is 1.25 bits per heavy atom. The number of esters is 1. The molecule has 7 nitrogen and oxygen atoms in total. The molecule has 0 saturated carbocycles. The van der Waals surface area contributed by atoms with Gasteiger partial charge in [0.05, 0.1) is 44.9 Å². The van der Waals surface area contributed by atoms with E-state index in [1.165, 1.54) is 25.6 Å². The Morgan fingerprint density at radius 2 is 2.07 bits per heavy atom. The fourth-order valence-corrected chi connectivity index (χ4v) is 3.28. The van der Waals surface area contributed by atoms with Crippen LogP contribution in [0.2, 0.25) is 0 Å². The standard InChI is InChI=1S/C20H22N2O5S/c1-25-17-11-14(13-21)7-8-16(17)27-9-3-6-19(23)22-15(12-20(24)26-2)18-5-4-10-28-18/h4-5,7-8,10-11,15H,3,6,9,12H2,1-2H3,(H,22,23). The van der Waals surface area contributed by atoms with Crippen molar-refractivity contribution in [1.29, 1.82) is 5.26 Å². The van der Waals surface area contributed by atoms with Gasteiger partial charge in [-0.05, 0) is 30.0 Å². The third-order valence-electron chi connectivity index (χ3n) is 3.92. The molecule has 0 spiro atoms. The van der Waals surface area contributed by atoms with Crippen LogP contribution in [-0.2, 0) is 14.3 Å². The minimum Gasteiger partial charge on any atom is -0.493 e.